The molecule has 1 aromatic carbocycles. The maximum absolute atomic E-state index is 12.1. The normalized spacial score (nSPS) is 16.0. The number of carbonyl (C=O) groups excluding carboxylic acids is 1. The predicted octanol–water partition coefficient (Wildman–Crippen LogP) is 4.62. The maximum Gasteiger partial charge on any atom is 0.508 e. The summed E-state index contributed by atoms with van der Waals surface area (Å²) in [6, 6.07) is 7.28. The minimum Gasteiger partial charge on any atom is -0.434 e. The van der Waals surface area contributed by atoms with Crippen LogP contribution in [0.5, 0.6) is 0 Å². The minimum atomic E-state index is -0.623. The van der Waals surface area contributed by atoms with Crippen molar-refractivity contribution in [1.82, 2.24) is 9.55 Å². The minimum absolute atomic E-state index is 0.442. The van der Waals surface area contributed by atoms with Gasteiger partial charge in [0, 0.05) is 17.4 Å². The number of halogens is 1. The maximum atomic E-state index is 12.1. The number of ether oxygens (including phenoxy) is 2. The van der Waals surface area contributed by atoms with E-state index in [1.54, 1.807) is 24.7 Å². The molecule has 5 nitrogen and oxygen atoms in total. The van der Waals surface area contributed by atoms with Gasteiger partial charge in [0.05, 0.1) is 19.5 Å². The lowest BCUT2D eigenvalue weighted by Gasteiger charge is -2.19. The van der Waals surface area contributed by atoms with Gasteiger partial charge in [0.2, 0.25) is 0 Å². The van der Waals surface area contributed by atoms with Crippen LogP contribution in [0.25, 0.3) is 0 Å². The van der Waals surface area contributed by atoms with Crippen molar-refractivity contribution in [2.75, 3.05) is 6.61 Å². The van der Waals surface area contributed by atoms with Crippen LogP contribution in [0.1, 0.15) is 37.4 Å². The van der Waals surface area contributed by atoms with Gasteiger partial charge in [0.25, 0.3) is 0 Å². The Morgan fingerprint density at radius 2 is 2.04 bits per heavy atom. The third-order valence-electron chi connectivity index (χ3n) is 4.33. The van der Waals surface area contributed by atoms with Gasteiger partial charge in [-0.15, -0.1) is 0 Å². The molecule has 1 unspecified atom stereocenters. The van der Waals surface area contributed by atoms with Gasteiger partial charge in [0.1, 0.15) is 6.10 Å². The lowest BCUT2D eigenvalue weighted by molar-refractivity contribution is 0.00973. The second-order valence-corrected chi connectivity index (χ2v) is 6.57. The quantitative estimate of drug-likeness (QED) is 0.715. The van der Waals surface area contributed by atoms with Gasteiger partial charge < -0.3 is 14.0 Å². The van der Waals surface area contributed by atoms with Gasteiger partial charge in [-0.25, -0.2) is 9.78 Å². The summed E-state index contributed by atoms with van der Waals surface area (Å²) in [5.41, 5.74) is 0.867. The van der Waals surface area contributed by atoms with Crippen molar-refractivity contribution in [1.29, 1.82) is 0 Å². The van der Waals surface area contributed by atoms with Gasteiger partial charge >= 0.3 is 6.16 Å². The Bertz CT molecular complexity index is 637. The van der Waals surface area contributed by atoms with E-state index in [1.807, 2.05) is 22.9 Å². The van der Waals surface area contributed by atoms with Crippen molar-refractivity contribution in [3.05, 3.63) is 53.6 Å². The molecule has 128 valence electrons. The summed E-state index contributed by atoms with van der Waals surface area (Å²) in [6.07, 6.45) is 8.83. The first-order valence-electron chi connectivity index (χ1n) is 8.25. The van der Waals surface area contributed by atoms with Crippen LogP contribution in [0, 0.1) is 5.92 Å². The zero-order chi connectivity index (χ0) is 16.8. The van der Waals surface area contributed by atoms with Crippen LogP contribution < -0.4 is 0 Å². The van der Waals surface area contributed by atoms with Crippen LogP contribution >= 0.6 is 11.6 Å². The largest absolute Gasteiger partial charge is 0.508 e. The third kappa shape index (κ3) is 4.74. The molecule has 1 saturated carbocycles. The number of hydrogen-bond donors (Lipinski definition) is 0. The molecule has 1 atom stereocenters. The first kappa shape index (κ1) is 16.8. The number of aromatic nitrogens is 2. The van der Waals surface area contributed by atoms with Gasteiger partial charge in [-0.1, -0.05) is 36.6 Å². The molecule has 24 heavy (non-hydrogen) atoms. The van der Waals surface area contributed by atoms with Crippen LogP contribution in [0.15, 0.2) is 43.0 Å². The Hall–Kier alpha value is -2.01. The van der Waals surface area contributed by atoms with E-state index >= 15 is 0 Å². The molecule has 3 rings (SSSR count). The zero-order valence-electron chi connectivity index (χ0n) is 13.4. The van der Waals surface area contributed by atoms with E-state index in [4.69, 9.17) is 21.1 Å². The Morgan fingerprint density at radius 3 is 2.71 bits per heavy atom. The smallest absolute Gasteiger partial charge is 0.434 e. The van der Waals surface area contributed by atoms with Gasteiger partial charge in [-0.3, -0.25) is 0 Å². The summed E-state index contributed by atoms with van der Waals surface area (Å²) in [5, 5.41) is 0.643. The summed E-state index contributed by atoms with van der Waals surface area (Å²) in [5.74, 6) is 0.472. The highest BCUT2D eigenvalue weighted by Gasteiger charge is 2.21. The molecule has 6 heteroatoms. The molecular formula is C18H21ClN2O3. The molecule has 1 aliphatic rings. The molecule has 0 amide bonds. The molecule has 1 fully saturated rings. The predicted molar refractivity (Wildman–Crippen MR) is 90.8 cm³/mol. The average Bonchev–Trinajstić information content (AvgIpc) is 3.27. The molecule has 0 aliphatic heterocycles. The monoisotopic (exact) mass is 348 g/mol. The van der Waals surface area contributed by atoms with Crippen molar-refractivity contribution in [2.45, 2.75) is 38.3 Å². The van der Waals surface area contributed by atoms with E-state index in [2.05, 4.69) is 4.98 Å². The highest BCUT2D eigenvalue weighted by Crippen LogP contribution is 2.26. The molecule has 1 heterocycles. The standard InChI is InChI=1S/C18H21ClN2O3/c19-16-7-5-15(6-8-16)17(11-21-10-9-20-13-21)24-18(22)23-12-14-3-1-2-4-14/h5-10,13-14,17H,1-4,11-12H2. The second kappa shape index (κ2) is 8.20. The van der Waals surface area contributed by atoms with E-state index in [0.29, 0.717) is 24.1 Å². The molecule has 0 spiro atoms. The number of imidazole rings is 1. The number of nitrogens with zero attached hydrogens (tertiary/aromatic N) is 2. The van der Waals surface area contributed by atoms with E-state index in [1.165, 1.54) is 12.8 Å². The SMILES string of the molecule is O=C(OCC1CCCC1)OC(Cn1ccnc1)c1ccc(Cl)cc1. The molecule has 0 N–H and O–H groups in total. The lowest BCUT2D eigenvalue weighted by atomic mass is 10.1. The van der Waals surface area contributed by atoms with Crippen LogP contribution in [-0.2, 0) is 16.0 Å². The summed E-state index contributed by atoms with van der Waals surface area (Å²) in [7, 11) is 0. The summed E-state index contributed by atoms with van der Waals surface area (Å²) >= 11 is 5.94. The highest BCUT2D eigenvalue weighted by molar-refractivity contribution is 6.30. The first-order valence-corrected chi connectivity index (χ1v) is 8.63. The van der Waals surface area contributed by atoms with Crippen molar-refractivity contribution in [3.8, 4) is 0 Å². The average molecular weight is 349 g/mol. The fourth-order valence-electron chi connectivity index (χ4n) is 2.99. The Labute approximate surface area is 146 Å². The van der Waals surface area contributed by atoms with Crippen LogP contribution in [0.3, 0.4) is 0 Å². The summed E-state index contributed by atoms with van der Waals surface area (Å²) in [4.78, 5) is 16.1. The molecule has 2 aromatic rings. The van der Waals surface area contributed by atoms with Crippen LogP contribution in [0.4, 0.5) is 4.79 Å². The first-order chi connectivity index (χ1) is 11.7. The summed E-state index contributed by atoms with van der Waals surface area (Å²) < 4.78 is 12.7. The molecular weight excluding hydrogens is 328 g/mol. The van der Waals surface area contributed by atoms with Gasteiger partial charge in [-0.2, -0.15) is 0 Å². The molecule has 0 saturated heterocycles. The fourth-order valence-corrected chi connectivity index (χ4v) is 3.11. The molecule has 1 aromatic heterocycles. The van der Waals surface area contributed by atoms with Crippen molar-refractivity contribution in [2.24, 2.45) is 5.92 Å². The number of carbonyl (C=O) groups is 1. The number of hydrogen-bond acceptors (Lipinski definition) is 4. The number of rotatable bonds is 6. The van der Waals surface area contributed by atoms with E-state index < -0.39 is 12.3 Å². The lowest BCUT2D eigenvalue weighted by Crippen LogP contribution is -2.19. The fraction of sp³-hybridized carbons (Fsp3) is 0.444. The Balaban J connectivity index is 1.62. The van der Waals surface area contributed by atoms with Crippen molar-refractivity contribution >= 4 is 17.8 Å². The molecule has 1 aliphatic carbocycles. The second-order valence-electron chi connectivity index (χ2n) is 6.13. The van der Waals surface area contributed by atoms with Crippen molar-refractivity contribution in [3.63, 3.8) is 0 Å². The topological polar surface area (TPSA) is 53.4 Å². The Morgan fingerprint density at radius 1 is 1.29 bits per heavy atom. The zero-order valence-corrected chi connectivity index (χ0v) is 14.2. The van der Waals surface area contributed by atoms with E-state index in [-0.39, 0.29) is 0 Å². The summed E-state index contributed by atoms with van der Waals surface area (Å²) in [6.45, 7) is 0.914. The molecule has 0 bridgehead atoms. The van der Waals surface area contributed by atoms with Crippen LogP contribution in [0.2, 0.25) is 5.02 Å². The Kier molecular flexibility index (Phi) is 5.75. The molecule has 0 radical (unpaired) electrons. The van der Waals surface area contributed by atoms with Gasteiger partial charge in [-0.05, 0) is 36.5 Å². The van der Waals surface area contributed by atoms with E-state index in [0.717, 1.165) is 18.4 Å². The van der Waals surface area contributed by atoms with Crippen LogP contribution in [-0.4, -0.2) is 22.3 Å². The highest BCUT2D eigenvalue weighted by atomic mass is 35.5. The third-order valence-corrected chi connectivity index (χ3v) is 4.58. The van der Waals surface area contributed by atoms with Crippen molar-refractivity contribution < 1.29 is 14.3 Å². The number of benzene rings is 1. The van der Waals surface area contributed by atoms with Gasteiger partial charge in [0.15, 0.2) is 0 Å². The van der Waals surface area contributed by atoms with E-state index in [9.17, 15) is 4.79 Å².